The normalized spacial score (nSPS) is 8.84. The molecule has 1 aromatic carbocycles. The third-order valence-corrected chi connectivity index (χ3v) is 2.21. The van der Waals surface area contributed by atoms with Gasteiger partial charge in [-0.15, -0.1) is 0 Å². The summed E-state index contributed by atoms with van der Waals surface area (Å²) in [6, 6.07) is 5.30. The maximum absolute atomic E-state index is 11.4. The lowest BCUT2D eigenvalue weighted by molar-refractivity contribution is -0.152. The molecule has 0 fully saturated rings. The molecular formula is C15H21NO3. The van der Waals surface area contributed by atoms with E-state index in [2.05, 4.69) is 16.6 Å². The Bertz CT molecular complexity index is 453. The Kier molecular flexibility index (Phi) is 7.93. The molecule has 0 heterocycles. The van der Waals surface area contributed by atoms with E-state index in [0.29, 0.717) is 5.69 Å². The largest absolute Gasteiger partial charge is 0.459 e. The van der Waals surface area contributed by atoms with Gasteiger partial charge in [-0.3, -0.25) is 4.79 Å². The van der Waals surface area contributed by atoms with Gasteiger partial charge >= 0.3 is 11.9 Å². The predicted octanol–water partition coefficient (Wildman–Crippen LogP) is 3.17. The van der Waals surface area contributed by atoms with Crippen molar-refractivity contribution in [2.24, 2.45) is 0 Å². The monoisotopic (exact) mass is 263 g/mol. The second-order valence-electron chi connectivity index (χ2n) is 3.45. The van der Waals surface area contributed by atoms with Crippen LogP contribution in [0.25, 0.3) is 6.08 Å². The van der Waals surface area contributed by atoms with Crippen molar-refractivity contribution < 1.29 is 14.3 Å². The summed E-state index contributed by atoms with van der Waals surface area (Å²) in [6.45, 7) is 11.4. The molecule has 0 saturated heterocycles. The Labute approximate surface area is 114 Å². The molecule has 0 spiro atoms. The van der Waals surface area contributed by atoms with Crippen LogP contribution in [0.5, 0.6) is 0 Å². The van der Waals surface area contributed by atoms with Crippen LogP contribution in [0.1, 0.15) is 31.9 Å². The minimum atomic E-state index is -0.877. The summed E-state index contributed by atoms with van der Waals surface area (Å²) in [5.41, 5.74) is 2.52. The van der Waals surface area contributed by atoms with Crippen LogP contribution in [0.3, 0.4) is 0 Å². The maximum atomic E-state index is 11.4. The molecule has 0 atom stereocenters. The average Bonchev–Trinajstić information content (AvgIpc) is 2.41. The van der Waals surface area contributed by atoms with Crippen molar-refractivity contribution in [1.29, 1.82) is 0 Å². The number of carbonyl (C=O) groups excluding carboxylic acids is 2. The molecule has 0 bridgehead atoms. The first-order chi connectivity index (χ1) is 9.08. The molecule has 0 unspecified atom stereocenters. The Hall–Kier alpha value is -2.10. The quantitative estimate of drug-likeness (QED) is 0.673. The summed E-state index contributed by atoms with van der Waals surface area (Å²) in [4.78, 5) is 22.5. The topological polar surface area (TPSA) is 55.4 Å². The van der Waals surface area contributed by atoms with Gasteiger partial charge in [-0.2, -0.15) is 0 Å². The van der Waals surface area contributed by atoms with E-state index in [-0.39, 0.29) is 6.61 Å². The molecule has 1 aromatic rings. The number of nitrogens with one attached hydrogen (secondary N) is 1. The minimum Gasteiger partial charge on any atom is -0.459 e. The van der Waals surface area contributed by atoms with Gasteiger partial charge in [0, 0.05) is 5.69 Å². The van der Waals surface area contributed by atoms with E-state index in [9.17, 15) is 9.59 Å². The number of esters is 1. The fraction of sp³-hybridized carbons (Fsp3) is 0.333. The summed E-state index contributed by atoms with van der Waals surface area (Å²) < 4.78 is 4.58. The Morgan fingerprint density at radius 3 is 2.47 bits per heavy atom. The molecule has 4 nitrogen and oxygen atoms in total. The van der Waals surface area contributed by atoms with E-state index in [1.54, 1.807) is 25.1 Å². The van der Waals surface area contributed by atoms with Crippen molar-refractivity contribution in [2.75, 3.05) is 11.9 Å². The van der Waals surface area contributed by atoms with Crippen LogP contribution in [0.2, 0.25) is 0 Å². The Morgan fingerprint density at radius 2 is 2.00 bits per heavy atom. The first-order valence-electron chi connectivity index (χ1n) is 6.29. The lowest BCUT2D eigenvalue weighted by atomic mass is 10.1. The lowest BCUT2D eigenvalue weighted by Crippen LogP contribution is -2.25. The average molecular weight is 263 g/mol. The van der Waals surface area contributed by atoms with Crippen LogP contribution in [0, 0.1) is 6.92 Å². The van der Waals surface area contributed by atoms with E-state index < -0.39 is 11.9 Å². The highest BCUT2D eigenvalue weighted by atomic mass is 16.5. The number of aryl methyl sites for hydroxylation is 1. The van der Waals surface area contributed by atoms with E-state index >= 15 is 0 Å². The number of benzene rings is 1. The fourth-order valence-corrected chi connectivity index (χ4v) is 1.36. The summed E-state index contributed by atoms with van der Waals surface area (Å²) in [5, 5.41) is 2.47. The molecule has 1 rings (SSSR count). The van der Waals surface area contributed by atoms with Gasteiger partial charge in [0.1, 0.15) is 0 Å². The summed E-state index contributed by atoms with van der Waals surface area (Å²) in [7, 11) is 0. The molecule has 1 amide bonds. The van der Waals surface area contributed by atoms with Gasteiger partial charge in [-0.25, -0.2) is 4.79 Å². The third-order valence-electron chi connectivity index (χ3n) is 2.21. The van der Waals surface area contributed by atoms with Crippen molar-refractivity contribution >= 4 is 23.6 Å². The highest BCUT2D eigenvalue weighted by molar-refractivity contribution is 6.37. The summed E-state index contributed by atoms with van der Waals surface area (Å²) in [6.07, 6.45) is 1.73. The highest BCUT2D eigenvalue weighted by Crippen LogP contribution is 2.15. The number of rotatable bonds is 3. The first-order valence-corrected chi connectivity index (χ1v) is 6.29. The number of hydrogen-bond acceptors (Lipinski definition) is 3. The molecule has 19 heavy (non-hydrogen) atoms. The standard InChI is InChI=1S/C13H15NO3.C2H6/c1-4-10-6-7-11(8-9(10)3)14-12(15)13(16)17-5-2;1-2/h4,6-8H,1,5H2,2-3H3,(H,14,15);1-2H3. The third kappa shape index (κ3) is 5.38. The molecule has 0 radical (unpaired) electrons. The van der Waals surface area contributed by atoms with E-state index in [0.717, 1.165) is 11.1 Å². The second-order valence-corrected chi connectivity index (χ2v) is 3.45. The number of amides is 1. The number of anilines is 1. The molecule has 0 aliphatic carbocycles. The van der Waals surface area contributed by atoms with Crippen LogP contribution >= 0.6 is 0 Å². The highest BCUT2D eigenvalue weighted by Gasteiger charge is 2.14. The van der Waals surface area contributed by atoms with E-state index in [4.69, 9.17) is 0 Å². The van der Waals surface area contributed by atoms with Gasteiger partial charge in [0.15, 0.2) is 0 Å². The van der Waals surface area contributed by atoms with Crippen LogP contribution in [-0.4, -0.2) is 18.5 Å². The van der Waals surface area contributed by atoms with Crippen molar-refractivity contribution in [2.45, 2.75) is 27.7 Å². The second kappa shape index (κ2) is 8.91. The van der Waals surface area contributed by atoms with Crippen molar-refractivity contribution in [3.8, 4) is 0 Å². The molecule has 0 saturated carbocycles. The molecule has 4 heteroatoms. The lowest BCUT2D eigenvalue weighted by Gasteiger charge is -2.07. The Morgan fingerprint density at radius 1 is 1.37 bits per heavy atom. The van der Waals surface area contributed by atoms with E-state index in [1.165, 1.54) is 0 Å². The predicted molar refractivity (Wildman–Crippen MR) is 77.9 cm³/mol. The zero-order valence-corrected chi connectivity index (χ0v) is 11.9. The van der Waals surface area contributed by atoms with Gasteiger partial charge in [0.25, 0.3) is 0 Å². The molecule has 0 aliphatic heterocycles. The summed E-state index contributed by atoms with van der Waals surface area (Å²) >= 11 is 0. The van der Waals surface area contributed by atoms with Gasteiger partial charge in [-0.1, -0.05) is 32.6 Å². The minimum absolute atomic E-state index is 0.181. The molecule has 104 valence electrons. The SMILES string of the molecule is C=Cc1ccc(NC(=O)C(=O)OCC)cc1C.CC. The first kappa shape index (κ1) is 16.9. The van der Waals surface area contributed by atoms with Gasteiger partial charge in [-0.05, 0) is 37.1 Å². The zero-order chi connectivity index (χ0) is 14.8. The number of carbonyl (C=O) groups is 2. The number of hydrogen-bond donors (Lipinski definition) is 1. The Balaban J connectivity index is 0.00000154. The van der Waals surface area contributed by atoms with Crippen molar-refractivity contribution in [3.05, 3.63) is 35.9 Å². The molecule has 1 N–H and O–H groups in total. The zero-order valence-electron chi connectivity index (χ0n) is 11.9. The van der Waals surface area contributed by atoms with Gasteiger partial charge in [0.2, 0.25) is 0 Å². The van der Waals surface area contributed by atoms with Crippen LogP contribution in [0.4, 0.5) is 5.69 Å². The van der Waals surface area contributed by atoms with Crippen LogP contribution in [0.15, 0.2) is 24.8 Å². The van der Waals surface area contributed by atoms with Crippen molar-refractivity contribution in [3.63, 3.8) is 0 Å². The molecular weight excluding hydrogens is 242 g/mol. The van der Waals surface area contributed by atoms with E-state index in [1.807, 2.05) is 26.8 Å². The van der Waals surface area contributed by atoms with Crippen LogP contribution < -0.4 is 5.32 Å². The summed E-state index contributed by atoms with van der Waals surface area (Å²) in [5.74, 6) is -1.64. The van der Waals surface area contributed by atoms with Crippen LogP contribution in [-0.2, 0) is 14.3 Å². The van der Waals surface area contributed by atoms with Gasteiger partial charge < -0.3 is 10.1 Å². The maximum Gasteiger partial charge on any atom is 0.397 e. The fourth-order valence-electron chi connectivity index (χ4n) is 1.36. The number of ether oxygens (including phenoxy) is 1. The molecule has 0 aromatic heterocycles. The smallest absolute Gasteiger partial charge is 0.397 e. The van der Waals surface area contributed by atoms with Gasteiger partial charge in [0.05, 0.1) is 6.61 Å². The van der Waals surface area contributed by atoms with Crippen molar-refractivity contribution in [1.82, 2.24) is 0 Å². The molecule has 0 aliphatic rings.